The van der Waals surface area contributed by atoms with Gasteiger partial charge in [0, 0.05) is 26.2 Å². The van der Waals surface area contributed by atoms with Crippen LogP contribution >= 0.6 is 0 Å². The Bertz CT molecular complexity index is 574. The zero-order chi connectivity index (χ0) is 17.5. The van der Waals surface area contributed by atoms with Crippen molar-refractivity contribution in [3.8, 4) is 5.75 Å². The highest BCUT2D eigenvalue weighted by atomic mass is 16.5. The van der Waals surface area contributed by atoms with Crippen molar-refractivity contribution in [2.45, 2.75) is 32.8 Å². The van der Waals surface area contributed by atoms with E-state index in [2.05, 4.69) is 0 Å². The summed E-state index contributed by atoms with van der Waals surface area (Å²) in [6.07, 6.45) is 1.33. The highest BCUT2D eigenvalue weighted by Crippen LogP contribution is 2.16. The van der Waals surface area contributed by atoms with Gasteiger partial charge in [-0.1, -0.05) is 12.1 Å². The second-order valence-corrected chi connectivity index (χ2v) is 6.47. The van der Waals surface area contributed by atoms with E-state index < -0.39 is 0 Å². The molecule has 0 radical (unpaired) electrons. The summed E-state index contributed by atoms with van der Waals surface area (Å²) in [6, 6.07) is 7.69. The lowest BCUT2D eigenvalue weighted by Crippen LogP contribution is -2.38. The number of hydrogen-bond donors (Lipinski definition) is 1. The molecule has 2 N–H and O–H groups in total. The second kappa shape index (κ2) is 8.68. The Morgan fingerprint density at radius 1 is 1.21 bits per heavy atom. The smallest absolute Gasteiger partial charge is 0.231 e. The average molecular weight is 333 g/mol. The van der Waals surface area contributed by atoms with Crippen LogP contribution in [-0.2, 0) is 16.0 Å². The Kier molecular flexibility index (Phi) is 6.61. The number of rotatable bonds is 6. The molecule has 1 aromatic carbocycles. The van der Waals surface area contributed by atoms with E-state index in [9.17, 15) is 9.59 Å². The van der Waals surface area contributed by atoms with Gasteiger partial charge in [-0.2, -0.15) is 0 Å². The molecule has 6 nitrogen and oxygen atoms in total. The minimum Gasteiger partial charge on any atom is -0.491 e. The summed E-state index contributed by atoms with van der Waals surface area (Å²) in [4.78, 5) is 27.5. The molecule has 0 atom stereocenters. The Balaban J connectivity index is 1.91. The summed E-state index contributed by atoms with van der Waals surface area (Å²) in [6.45, 7) is 7.05. The first-order valence-electron chi connectivity index (χ1n) is 8.48. The van der Waals surface area contributed by atoms with Crippen molar-refractivity contribution >= 4 is 11.8 Å². The van der Waals surface area contributed by atoms with Gasteiger partial charge in [0.05, 0.1) is 19.1 Å². The molecule has 2 rings (SSSR count). The minimum atomic E-state index is -0.322. The van der Waals surface area contributed by atoms with E-state index in [-0.39, 0.29) is 24.5 Å². The molecule has 0 aliphatic carbocycles. The van der Waals surface area contributed by atoms with E-state index in [1.165, 1.54) is 0 Å². The summed E-state index contributed by atoms with van der Waals surface area (Å²) in [5.74, 6) is 0.577. The lowest BCUT2D eigenvalue weighted by Gasteiger charge is -2.21. The van der Waals surface area contributed by atoms with Crippen molar-refractivity contribution in [2.75, 3.05) is 32.7 Å². The van der Waals surface area contributed by atoms with Gasteiger partial charge in [-0.05, 0) is 38.0 Å². The Morgan fingerprint density at radius 3 is 2.71 bits per heavy atom. The van der Waals surface area contributed by atoms with E-state index in [1.807, 2.05) is 47.9 Å². The number of benzene rings is 1. The molecule has 1 saturated heterocycles. The number of amides is 2. The van der Waals surface area contributed by atoms with Gasteiger partial charge in [-0.25, -0.2) is 0 Å². The molecule has 1 aliphatic heterocycles. The van der Waals surface area contributed by atoms with Crippen LogP contribution in [0.2, 0.25) is 0 Å². The summed E-state index contributed by atoms with van der Waals surface area (Å²) < 4.78 is 5.68. The van der Waals surface area contributed by atoms with Gasteiger partial charge >= 0.3 is 0 Å². The molecule has 2 amide bonds. The fourth-order valence-electron chi connectivity index (χ4n) is 2.89. The molecular weight excluding hydrogens is 306 g/mol. The van der Waals surface area contributed by atoms with Crippen LogP contribution in [0.1, 0.15) is 25.8 Å². The number of carbonyl (C=O) groups excluding carboxylic acids is 2. The number of carbonyl (C=O) groups is 2. The van der Waals surface area contributed by atoms with E-state index >= 15 is 0 Å². The minimum absolute atomic E-state index is 0.109. The van der Waals surface area contributed by atoms with Crippen LogP contribution < -0.4 is 10.5 Å². The fraction of sp³-hybridized carbons (Fsp3) is 0.556. The van der Waals surface area contributed by atoms with Gasteiger partial charge < -0.3 is 15.4 Å². The first-order valence-corrected chi connectivity index (χ1v) is 8.48. The van der Waals surface area contributed by atoms with Gasteiger partial charge in [-0.15, -0.1) is 0 Å². The van der Waals surface area contributed by atoms with E-state index in [4.69, 9.17) is 10.5 Å². The largest absolute Gasteiger partial charge is 0.491 e. The molecule has 0 spiro atoms. The van der Waals surface area contributed by atoms with E-state index in [0.717, 1.165) is 30.8 Å². The van der Waals surface area contributed by atoms with Crippen molar-refractivity contribution in [1.82, 2.24) is 9.80 Å². The maximum atomic E-state index is 12.6. The third kappa shape index (κ3) is 5.85. The maximum absolute atomic E-state index is 12.6. The van der Waals surface area contributed by atoms with Gasteiger partial charge in [0.2, 0.25) is 11.8 Å². The SMILES string of the molecule is CC(C)Oc1cccc(CC(=O)N2CCCN(CC(N)=O)CC2)c1. The second-order valence-electron chi connectivity index (χ2n) is 6.47. The van der Waals surface area contributed by atoms with Crippen molar-refractivity contribution in [3.05, 3.63) is 29.8 Å². The van der Waals surface area contributed by atoms with Crippen LogP contribution in [0.25, 0.3) is 0 Å². The molecule has 0 unspecified atom stereocenters. The molecule has 1 aromatic rings. The molecule has 1 aliphatic rings. The van der Waals surface area contributed by atoms with Crippen LogP contribution in [0.5, 0.6) is 5.75 Å². The molecule has 0 bridgehead atoms. The zero-order valence-electron chi connectivity index (χ0n) is 14.5. The standard InChI is InChI=1S/C18H27N3O3/c1-14(2)24-16-6-3-5-15(11-16)12-18(23)21-8-4-7-20(9-10-21)13-17(19)22/h3,5-6,11,14H,4,7-10,12-13H2,1-2H3,(H2,19,22). The maximum Gasteiger partial charge on any atom is 0.231 e. The third-order valence-electron chi connectivity index (χ3n) is 3.95. The van der Waals surface area contributed by atoms with Crippen LogP contribution in [-0.4, -0.2) is 60.4 Å². The third-order valence-corrected chi connectivity index (χ3v) is 3.95. The van der Waals surface area contributed by atoms with E-state index in [0.29, 0.717) is 19.5 Å². The fourth-order valence-corrected chi connectivity index (χ4v) is 2.89. The molecule has 132 valence electrons. The molecule has 24 heavy (non-hydrogen) atoms. The Morgan fingerprint density at radius 2 is 2.00 bits per heavy atom. The van der Waals surface area contributed by atoms with Crippen molar-refractivity contribution < 1.29 is 14.3 Å². The van der Waals surface area contributed by atoms with Crippen LogP contribution in [0.3, 0.4) is 0 Å². The Hall–Kier alpha value is -2.08. The van der Waals surface area contributed by atoms with Crippen molar-refractivity contribution in [2.24, 2.45) is 5.73 Å². The summed E-state index contributed by atoms with van der Waals surface area (Å²) in [5.41, 5.74) is 6.20. The number of ether oxygens (including phenoxy) is 1. The number of nitrogens with zero attached hydrogens (tertiary/aromatic N) is 2. The number of nitrogens with two attached hydrogens (primary N) is 1. The molecule has 0 saturated carbocycles. The zero-order valence-corrected chi connectivity index (χ0v) is 14.5. The number of hydrogen-bond acceptors (Lipinski definition) is 4. The predicted octanol–water partition coefficient (Wildman–Crippen LogP) is 1.04. The van der Waals surface area contributed by atoms with Gasteiger partial charge in [0.15, 0.2) is 0 Å². The van der Waals surface area contributed by atoms with Crippen LogP contribution in [0.4, 0.5) is 0 Å². The van der Waals surface area contributed by atoms with Crippen molar-refractivity contribution in [3.63, 3.8) is 0 Å². The van der Waals surface area contributed by atoms with Crippen molar-refractivity contribution in [1.29, 1.82) is 0 Å². The average Bonchev–Trinajstić information content (AvgIpc) is 2.72. The normalized spacial score (nSPS) is 16.0. The first-order chi connectivity index (χ1) is 11.4. The van der Waals surface area contributed by atoms with E-state index in [1.54, 1.807) is 0 Å². The lowest BCUT2D eigenvalue weighted by atomic mass is 10.1. The first kappa shape index (κ1) is 18.3. The summed E-state index contributed by atoms with van der Waals surface area (Å²) in [7, 11) is 0. The Labute approximate surface area is 143 Å². The molecule has 0 aromatic heterocycles. The highest BCUT2D eigenvalue weighted by molar-refractivity contribution is 5.79. The monoisotopic (exact) mass is 333 g/mol. The van der Waals surface area contributed by atoms with Gasteiger partial charge in [0.1, 0.15) is 5.75 Å². The highest BCUT2D eigenvalue weighted by Gasteiger charge is 2.20. The summed E-state index contributed by atoms with van der Waals surface area (Å²) in [5, 5.41) is 0. The lowest BCUT2D eigenvalue weighted by molar-refractivity contribution is -0.130. The number of primary amides is 1. The molecule has 1 fully saturated rings. The molecule has 6 heteroatoms. The quantitative estimate of drug-likeness (QED) is 0.844. The van der Waals surface area contributed by atoms with Gasteiger partial charge in [-0.3, -0.25) is 14.5 Å². The molecule has 1 heterocycles. The van der Waals surface area contributed by atoms with Gasteiger partial charge in [0.25, 0.3) is 0 Å². The topological polar surface area (TPSA) is 75.9 Å². The van der Waals surface area contributed by atoms with Crippen LogP contribution in [0, 0.1) is 0 Å². The molecular formula is C18H27N3O3. The van der Waals surface area contributed by atoms with Crippen LogP contribution in [0.15, 0.2) is 24.3 Å². The summed E-state index contributed by atoms with van der Waals surface area (Å²) >= 11 is 0. The predicted molar refractivity (Wildman–Crippen MR) is 92.7 cm³/mol.